The van der Waals surface area contributed by atoms with Crippen LogP contribution in [0.25, 0.3) is 0 Å². The van der Waals surface area contributed by atoms with Gasteiger partial charge in [-0.1, -0.05) is 23.2 Å². The van der Waals surface area contributed by atoms with E-state index in [1.54, 1.807) is 30.6 Å². The quantitative estimate of drug-likeness (QED) is 0.254. The van der Waals surface area contributed by atoms with E-state index >= 15 is 0 Å². The van der Waals surface area contributed by atoms with Crippen LogP contribution < -0.4 is 15.4 Å². The fourth-order valence-electron chi connectivity index (χ4n) is 4.81. The molecule has 3 aromatic rings. The lowest BCUT2D eigenvalue weighted by molar-refractivity contribution is -0.124. The van der Waals surface area contributed by atoms with Gasteiger partial charge in [0.05, 0.1) is 27.6 Å². The molecule has 0 bridgehead atoms. The van der Waals surface area contributed by atoms with E-state index in [-0.39, 0.29) is 11.3 Å². The maximum atomic E-state index is 8.80. The number of rotatable bonds is 8. The number of hydrogen-bond acceptors (Lipinski definition) is 7. The number of benzene rings is 1. The van der Waals surface area contributed by atoms with Gasteiger partial charge in [-0.05, 0) is 70.4 Å². The zero-order chi connectivity index (χ0) is 26.3. The first-order chi connectivity index (χ1) is 17.6. The Bertz CT molecular complexity index is 1320. The minimum absolute atomic E-state index is 0.104. The number of nitrogen functional groups attached to an aromatic ring is 1. The van der Waals surface area contributed by atoms with Crippen molar-refractivity contribution in [3.63, 3.8) is 0 Å². The minimum atomic E-state index is -0.427. The number of hydrogen-bond donors (Lipinski definition) is 2. The van der Waals surface area contributed by atoms with Gasteiger partial charge in [-0.25, -0.2) is 4.98 Å². The summed E-state index contributed by atoms with van der Waals surface area (Å²) in [4.78, 5) is 11.0. The Morgan fingerprint density at radius 3 is 2.57 bits per heavy atom. The molecule has 1 saturated heterocycles. The molecule has 2 aromatic heterocycles. The number of anilines is 2. The summed E-state index contributed by atoms with van der Waals surface area (Å²) in [6, 6.07) is 9.11. The molecular formula is C28H31Cl2N5O2. The number of ether oxygens (including phenoxy) is 2. The average Bonchev–Trinajstić information content (AvgIpc) is 2.83. The number of aromatic nitrogens is 2. The third kappa shape index (κ3) is 5.26. The van der Waals surface area contributed by atoms with Gasteiger partial charge in [0, 0.05) is 47.9 Å². The van der Waals surface area contributed by atoms with Crippen LogP contribution in [0.2, 0.25) is 10.0 Å². The normalized spacial score (nSPS) is 17.6. The van der Waals surface area contributed by atoms with Gasteiger partial charge in [-0.3, -0.25) is 10.4 Å². The highest BCUT2D eigenvalue weighted by molar-refractivity contribution is 6.36. The van der Waals surface area contributed by atoms with E-state index < -0.39 is 6.10 Å². The first kappa shape index (κ1) is 25.8. The number of pyridine rings is 2. The Labute approximate surface area is 227 Å². The molecule has 2 fully saturated rings. The van der Waals surface area contributed by atoms with Crippen LogP contribution in [0, 0.1) is 12.3 Å². The Hall–Kier alpha value is -2.87. The van der Waals surface area contributed by atoms with Gasteiger partial charge in [-0.2, -0.15) is 0 Å². The van der Waals surface area contributed by atoms with E-state index in [1.807, 2.05) is 26.0 Å². The number of aryl methyl sites for hydroxylation is 1. The summed E-state index contributed by atoms with van der Waals surface area (Å²) in [6.07, 6.45) is 6.89. The van der Waals surface area contributed by atoms with Crippen molar-refractivity contribution >= 4 is 40.4 Å². The van der Waals surface area contributed by atoms with E-state index in [1.165, 1.54) is 19.3 Å². The smallest absolute Gasteiger partial charge is 0.128 e. The Morgan fingerprint density at radius 1 is 1.16 bits per heavy atom. The molecular weight excluding hydrogens is 509 g/mol. The molecule has 5 rings (SSSR count). The fraction of sp³-hybridized carbons (Fsp3) is 0.393. The maximum absolute atomic E-state index is 8.80. The van der Waals surface area contributed by atoms with Gasteiger partial charge in [0.15, 0.2) is 0 Å². The van der Waals surface area contributed by atoms with Crippen molar-refractivity contribution in [3.05, 3.63) is 75.2 Å². The number of halogens is 2. The second-order valence-corrected chi connectivity index (χ2v) is 11.0. The molecule has 1 aliphatic carbocycles. The minimum Gasteiger partial charge on any atom is -0.486 e. The number of nitrogens with two attached hydrogens (primary N) is 1. The molecule has 3 N–H and O–H groups in total. The summed E-state index contributed by atoms with van der Waals surface area (Å²) in [7, 11) is 0. The van der Waals surface area contributed by atoms with E-state index in [0.717, 1.165) is 18.9 Å². The second-order valence-electron chi connectivity index (χ2n) is 10.2. The second kappa shape index (κ2) is 10.1. The highest BCUT2D eigenvalue weighted by Crippen LogP contribution is 2.36. The van der Waals surface area contributed by atoms with Crippen molar-refractivity contribution in [1.82, 2.24) is 9.97 Å². The molecule has 0 radical (unpaired) electrons. The lowest BCUT2D eigenvalue weighted by atomic mass is 9.91. The van der Waals surface area contributed by atoms with Gasteiger partial charge in [0.2, 0.25) is 0 Å². The van der Waals surface area contributed by atoms with Crippen molar-refractivity contribution in [2.75, 3.05) is 23.7 Å². The zero-order valence-electron chi connectivity index (χ0n) is 21.2. The van der Waals surface area contributed by atoms with Crippen LogP contribution in [0.1, 0.15) is 61.6 Å². The summed E-state index contributed by atoms with van der Waals surface area (Å²) in [5, 5.41) is 9.71. The van der Waals surface area contributed by atoms with Gasteiger partial charge in [0.1, 0.15) is 23.3 Å². The molecule has 7 nitrogen and oxygen atoms in total. The van der Waals surface area contributed by atoms with Crippen LogP contribution in [0.5, 0.6) is 5.75 Å². The molecule has 1 saturated carbocycles. The van der Waals surface area contributed by atoms with Crippen molar-refractivity contribution in [1.29, 1.82) is 5.41 Å². The van der Waals surface area contributed by atoms with E-state index in [2.05, 4.69) is 21.8 Å². The summed E-state index contributed by atoms with van der Waals surface area (Å²) in [6.45, 7) is 7.50. The predicted octanol–water partition coefficient (Wildman–Crippen LogP) is 6.38. The summed E-state index contributed by atoms with van der Waals surface area (Å²) < 4.78 is 12.4. The van der Waals surface area contributed by atoms with Gasteiger partial charge >= 0.3 is 0 Å². The molecule has 1 atom stereocenters. The Morgan fingerprint density at radius 2 is 1.92 bits per heavy atom. The lowest BCUT2D eigenvalue weighted by Gasteiger charge is -2.50. The highest BCUT2D eigenvalue weighted by Gasteiger charge is 2.43. The SMILES string of the molecule is Cc1ncc(Cl)c([C@@H](C)Oc2ccc(N)c(C(=N)c3ccc(N4CC(C)(OC5CCC5)C4)nc3)c2)c1Cl. The molecule has 0 spiro atoms. The molecule has 1 aromatic carbocycles. The summed E-state index contributed by atoms with van der Waals surface area (Å²) in [5.74, 6) is 1.44. The largest absolute Gasteiger partial charge is 0.486 e. The zero-order valence-corrected chi connectivity index (χ0v) is 22.7. The Kier molecular flexibility index (Phi) is 7.05. The Balaban J connectivity index is 1.27. The molecule has 37 heavy (non-hydrogen) atoms. The van der Waals surface area contributed by atoms with Crippen LogP contribution in [0.15, 0.2) is 42.7 Å². The first-order valence-electron chi connectivity index (χ1n) is 12.5. The third-order valence-electron chi connectivity index (χ3n) is 7.11. The van der Waals surface area contributed by atoms with Crippen molar-refractivity contribution in [2.45, 2.75) is 57.8 Å². The monoisotopic (exact) mass is 539 g/mol. The summed E-state index contributed by atoms with van der Waals surface area (Å²) in [5.41, 5.74) is 9.48. The van der Waals surface area contributed by atoms with E-state index in [4.69, 9.17) is 43.8 Å². The third-order valence-corrected chi connectivity index (χ3v) is 7.89. The van der Waals surface area contributed by atoms with Crippen molar-refractivity contribution in [2.24, 2.45) is 0 Å². The van der Waals surface area contributed by atoms with E-state index in [9.17, 15) is 0 Å². The van der Waals surface area contributed by atoms with Crippen molar-refractivity contribution in [3.8, 4) is 5.75 Å². The first-order valence-corrected chi connectivity index (χ1v) is 13.2. The highest BCUT2D eigenvalue weighted by atomic mass is 35.5. The van der Waals surface area contributed by atoms with Crippen LogP contribution in [-0.2, 0) is 4.74 Å². The maximum Gasteiger partial charge on any atom is 0.128 e. The number of nitrogens with one attached hydrogen (secondary N) is 1. The summed E-state index contributed by atoms with van der Waals surface area (Å²) >= 11 is 12.8. The van der Waals surface area contributed by atoms with Gasteiger partial charge < -0.3 is 20.1 Å². The average molecular weight is 540 g/mol. The van der Waals surface area contributed by atoms with E-state index in [0.29, 0.717) is 50.0 Å². The molecule has 0 unspecified atom stereocenters. The van der Waals surface area contributed by atoms with Crippen LogP contribution in [0.4, 0.5) is 11.5 Å². The van der Waals surface area contributed by atoms with Crippen LogP contribution >= 0.6 is 23.2 Å². The van der Waals surface area contributed by atoms with Crippen molar-refractivity contribution < 1.29 is 9.47 Å². The fourth-order valence-corrected chi connectivity index (χ4v) is 5.46. The molecule has 3 heterocycles. The lowest BCUT2D eigenvalue weighted by Crippen LogP contribution is -2.63. The van der Waals surface area contributed by atoms with Crippen LogP contribution in [0.3, 0.4) is 0 Å². The van der Waals surface area contributed by atoms with Crippen LogP contribution in [-0.4, -0.2) is 40.5 Å². The van der Waals surface area contributed by atoms with Gasteiger partial charge in [0.25, 0.3) is 0 Å². The standard InChI is InChI=1S/C28H31Cl2N5O2/c1-16-26(30)25(22(29)13-33-16)17(2)36-20-8-9-23(31)21(11-20)27(32)18-7-10-24(34-12-18)35-14-28(3,15-35)37-19-5-4-6-19/h7-13,17,19,32H,4-6,14-15,31H2,1-3H3/t17-/m1/s1. The molecule has 194 valence electrons. The topological polar surface area (TPSA) is 97.4 Å². The number of nitrogens with zero attached hydrogens (tertiary/aromatic N) is 3. The van der Waals surface area contributed by atoms with Gasteiger partial charge in [-0.15, -0.1) is 0 Å². The predicted molar refractivity (Wildman–Crippen MR) is 148 cm³/mol. The molecule has 2 aliphatic rings. The molecule has 9 heteroatoms. The molecule has 1 aliphatic heterocycles. The molecule has 0 amide bonds.